The molecule has 0 saturated heterocycles. The number of anilines is 1. The van der Waals surface area contributed by atoms with E-state index >= 15 is 0 Å². The maximum atomic E-state index is 13.4. The molecule has 1 N–H and O–H groups in total. The number of aryl methyl sites for hydroxylation is 1. The fraction of sp³-hybridized carbons (Fsp3) is 0.211. The van der Waals surface area contributed by atoms with Crippen LogP contribution in [0.15, 0.2) is 42.6 Å². The van der Waals surface area contributed by atoms with Crippen molar-refractivity contribution < 1.29 is 13.5 Å². The Morgan fingerprint density at radius 2 is 2.00 bits per heavy atom. The lowest BCUT2D eigenvalue weighted by Crippen LogP contribution is -2.05. The van der Waals surface area contributed by atoms with Gasteiger partial charge < -0.3 is 10.1 Å². The third-order valence-corrected chi connectivity index (χ3v) is 4.27. The van der Waals surface area contributed by atoms with Crippen LogP contribution in [0.3, 0.4) is 0 Å². The van der Waals surface area contributed by atoms with Crippen molar-refractivity contribution in [3.05, 3.63) is 64.3 Å². The lowest BCUT2D eigenvalue weighted by atomic mass is 10.1. The highest BCUT2D eigenvalue weighted by Crippen LogP contribution is 2.34. The largest absolute Gasteiger partial charge is 0.495 e. The lowest BCUT2D eigenvalue weighted by Gasteiger charge is -2.15. The molecule has 0 atom stereocenters. The Hall–Kier alpha value is -2.40. The fourth-order valence-corrected chi connectivity index (χ4v) is 2.98. The first-order valence-corrected chi connectivity index (χ1v) is 8.11. The van der Waals surface area contributed by atoms with Crippen LogP contribution in [0.25, 0.3) is 10.9 Å². The number of alkyl halides is 2. The quantitative estimate of drug-likeness (QED) is 0.627. The number of rotatable bonds is 5. The Balaban J connectivity index is 1.98. The summed E-state index contributed by atoms with van der Waals surface area (Å²) in [6.45, 7) is 2.28. The van der Waals surface area contributed by atoms with Gasteiger partial charge in [0.2, 0.25) is 0 Å². The van der Waals surface area contributed by atoms with Crippen LogP contribution in [0.1, 0.15) is 23.1 Å². The number of nitrogens with one attached hydrogen (secondary N) is 1. The normalized spacial score (nSPS) is 11.1. The molecule has 0 aliphatic carbocycles. The van der Waals surface area contributed by atoms with Gasteiger partial charge in [-0.05, 0) is 36.8 Å². The smallest absolute Gasteiger partial charge is 0.267 e. The summed E-state index contributed by atoms with van der Waals surface area (Å²) in [5.41, 5.74) is 2.80. The van der Waals surface area contributed by atoms with Gasteiger partial charge in [-0.3, -0.25) is 4.98 Å². The molecular weight excluding hydrogens is 346 g/mol. The van der Waals surface area contributed by atoms with Crippen molar-refractivity contribution in [3.8, 4) is 5.75 Å². The summed E-state index contributed by atoms with van der Waals surface area (Å²) >= 11 is 6.13. The van der Waals surface area contributed by atoms with Crippen LogP contribution >= 0.6 is 11.6 Å². The highest BCUT2D eigenvalue weighted by Gasteiger charge is 2.17. The molecule has 3 nitrogen and oxygen atoms in total. The van der Waals surface area contributed by atoms with Crippen LogP contribution in [0.5, 0.6) is 5.75 Å². The van der Waals surface area contributed by atoms with Crippen molar-refractivity contribution in [3.63, 3.8) is 0 Å². The van der Waals surface area contributed by atoms with E-state index in [4.69, 9.17) is 16.3 Å². The van der Waals surface area contributed by atoms with E-state index in [0.29, 0.717) is 33.9 Å². The predicted octanol–water partition coefficient (Wildman–Crippen LogP) is 5.75. The first kappa shape index (κ1) is 17.4. The molecule has 0 bridgehead atoms. The number of hydrogen-bond donors (Lipinski definition) is 1. The minimum absolute atomic E-state index is 0.113. The number of benzene rings is 2. The highest BCUT2D eigenvalue weighted by molar-refractivity contribution is 6.32. The molecule has 0 amide bonds. The average molecular weight is 363 g/mol. The topological polar surface area (TPSA) is 34.1 Å². The molecule has 130 valence electrons. The van der Waals surface area contributed by atoms with Gasteiger partial charge in [0.25, 0.3) is 6.43 Å². The van der Waals surface area contributed by atoms with E-state index in [1.54, 1.807) is 19.2 Å². The summed E-state index contributed by atoms with van der Waals surface area (Å²) in [4.78, 5) is 4.14. The van der Waals surface area contributed by atoms with E-state index in [2.05, 4.69) is 10.3 Å². The molecule has 0 aliphatic heterocycles. The van der Waals surface area contributed by atoms with Crippen LogP contribution in [-0.4, -0.2) is 12.1 Å². The Morgan fingerprint density at radius 3 is 2.68 bits per heavy atom. The predicted molar refractivity (Wildman–Crippen MR) is 96.8 cm³/mol. The molecule has 0 unspecified atom stereocenters. The minimum Gasteiger partial charge on any atom is -0.495 e. The minimum atomic E-state index is -2.61. The van der Waals surface area contributed by atoms with Crippen molar-refractivity contribution in [2.24, 2.45) is 0 Å². The lowest BCUT2D eigenvalue weighted by molar-refractivity contribution is 0.152. The summed E-state index contributed by atoms with van der Waals surface area (Å²) in [6.07, 6.45) is -1.38. The fourth-order valence-electron chi connectivity index (χ4n) is 2.69. The summed E-state index contributed by atoms with van der Waals surface area (Å²) in [5, 5.41) is 4.28. The Kier molecular flexibility index (Phi) is 5.04. The van der Waals surface area contributed by atoms with E-state index in [1.807, 2.05) is 31.2 Å². The number of aromatic nitrogens is 1. The average Bonchev–Trinajstić information content (AvgIpc) is 2.59. The van der Waals surface area contributed by atoms with E-state index in [1.165, 1.54) is 6.20 Å². The van der Waals surface area contributed by atoms with Crippen LogP contribution in [0, 0.1) is 6.92 Å². The third kappa shape index (κ3) is 3.66. The molecule has 2 aromatic carbocycles. The van der Waals surface area contributed by atoms with Crippen LogP contribution in [0.4, 0.5) is 14.5 Å². The molecule has 1 heterocycles. The summed E-state index contributed by atoms with van der Waals surface area (Å²) in [6, 6.07) is 10.9. The van der Waals surface area contributed by atoms with Crippen molar-refractivity contribution in [1.82, 2.24) is 4.98 Å². The molecule has 3 aromatic rings. The van der Waals surface area contributed by atoms with Gasteiger partial charge in [-0.25, -0.2) is 8.78 Å². The number of halogens is 3. The van der Waals surface area contributed by atoms with Gasteiger partial charge in [0.1, 0.15) is 5.75 Å². The molecule has 25 heavy (non-hydrogen) atoms. The Morgan fingerprint density at radius 1 is 1.20 bits per heavy atom. The van der Waals surface area contributed by atoms with E-state index in [9.17, 15) is 8.78 Å². The zero-order valence-electron chi connectivity index (χ0n) is 13.8. The van der Waals surface area contributed by atoms with E-state index in [-0.39, 0.29) is 5.56 Å². The van der Waals surface area contributed by atoms with Gasteiger partial charge in [-0.2, -0.15) is 0 Å². The van der Waals surface area contributed by atoms with Crippen molar-refractivity contribution >= 4 is 28.2 Å². The maximum absolute atomic E-state index is 13.4. The SMILES string of the molecule is COc1ccc(CNc2c(C(F)F)cnc3ccc(C)cc23)cc1Cl. The number of ether oxygens (including phenoxy) is 1. The van der Waals surface area contributed by atoms with Crippen LogP contribution < -0.4 is 10.1 Å². The number of hydrogen-bond acceptors (Lipinski definition) is 3. The van der Waals surface area contributed by atoms with Crippen LogP contribution in [-0.2, 0) is 6.54 Å². The Bertz CT molecular complexity index is 915. The van der Waals surface area contributed by atoms with Gasteiger partial charge in [-0.15, -0.1) is 0 Å². The number of pyridine rings is 1. The van der Waals surface area contributed by atoms with E-state index < -0.39 is 6.43 Å². The first-order valence-electron chi connectivity index (χ1n) is 7.73. The van der Waals surface area contributed by atoms with Gasteiger partial charge in [0.05, 0.1) is 28.9 Å². The Labute approximate surface area is 149 Å². The van der Waals surface area contributed by atoms with Crippen molar-refractivity contribution in [2.45, 2.75) is 19.9 Å². The third-order valence-electron chi connectivity index (χ3n) is 3.97. The summed E-state index contributed by atoms with van der Waals surface area (Å²) < 4.78 is 32.0. The number of methoxy groups -OCH3 is 1. The van der Waals surface area contributed by atoms with Gasteiger partial charge in [0, 0.05) is 18.1 Å². The molecule has 3 rings (SSSR count). The number of nitrogens with zero attached hydrogens (tertiary/aromatic N) is 1. The molecule has 6 heteroatoms. The molecule has 0 radical (unpaired) electrons. The molecular formula is C19H17ClF2N2O. The van der Waals surface area contributed by atoms with Crippen molar-refractivity contribution in [1.29, 1.82) is 0 Å². The van der Waals surface area contributed by atoms with Gasteiger partial charge >= 0.3 is 0 Å². The monoisotopic (exact) mass is 362 g/mol. The zero-order chi connectivity index (χ0) is 18.0. The van der Waals surface area contributed by atoms with Gasteiger partial charge in [0.15, 0.2) is 0 Å². The molecule has 1 aromatic heterocycles. The standard InChI is InChI=1S/C19H17ClF2N2O/c1-11-3-5-16-13(7-11)18(14(10-23-16)19(21)22)24-9-12-4-6-17(25-2)15(20)8-12/h3-8,10,19H,9H2,1-2H3,(H,23,24). The molecule has 0 saturated carbocycles. The second-order valence-electron chi connectivity index (χ2n) is 5.73. The second-order valence-corrected chi connectivity index (χ2v) is 6.14. The molecule has 0 fully saturated rings. The second kappa shape index (κ2) is 7.23. The maximum Gasteiger partial charge on any atom is 0.267 e. The summed E-state index contributed by atoms with van der Waals surface area (Å²) in [5.74, 6) is 0.573. The number of fused-ring (bicyclic) bond motifs is 1. The molecule has 0 spiro atoms. The first-order chi connectivity index (χ1) is 12.0. The van der Waals surface area contributed by atoms with Gasteiger partial charge in [-0.1, -0.05) is 29.3 Å². The zero-order valence-corrected chi connectivity index (χ0v) is 14.6. The molecule has 0 aliphatic rings. The van der Waals surface area contributed by atoms with Crippen molar-refractivity contribution in [2.75, 3.05) is 12.4 Å². The highest BCUT2D eigenvalue weighted by atomic mass is 35.5. The van der Waals surface area contributed by atoms with Crippen LogP contribution in [0.2, 0.25) is 5.02 Å². The van der Waals surface area contributed by atoms with E-state index in [0.717, 1.165) is 11.1 Å². The summed E-state index contributed by atoms with van der Waals surface area (Å²) in [7, 11) is 1.54.